The summed E-state index contributed by atoms with van der Waals surface area (Å²) in [5.74, 6) is -1.00. The standard InChI is InChI=1S/C8H5ClN2O2/c9-7-5-2-1-3-6(8(12)13)11(5)4-10-7/h1-4H,(H,12,13). The van der Waals surface area contributed by atoms with E-state index in [0.717, 1.165) is 0 Å². The monoisotopic (exact) mass is 196 g/mol. The quantitative estimate of drug-likeness (QED) is 0.755. The van der Waals surface area contributed by atoms with Gasteiger partial charge in [0, 0.05) is 0 Å². The van der Waals surface area contributed by atoms with Crippen LogP contribution in [-0.4, -0.2) is 20.5 Å². The summed E-state index contributed by atoms with van der Waals surface area (Å²) in [6.07, 6.45) is 1.39. The number of nitrogens with zero attached hydrogens (tertiary/aromatic N) is 2. The summed E-state index contributed by atoms with van der Waals surface area (Å²) in [5, 5.41) is 9.11. The van der Waals surface area contributed by atoms with Crippen LogP contribution in [0, 0.1) is 0 Å². The fourth-order valence-electron chi connectivity index (χ4n) is 1.16. The maximum absolute atomic E-state index is 10.7. The molecule has 0 aliphatic heterocycles. The Balaban J connectivity index is 2.84. The molecule has 0 spiro atoms. The molecule has 0 amide bonds. The molecule has 0 saturated carbocycles. The van der Waals surface area contributed by atoms with Crippen molar-refractivity contribution >= 4 is 23.1 Å². The van der Waals surface area contributed by atoms with E-state index >= 15 is 0 Å². The molecule has 66 valence electrons. The van der Waals surface area contributed by atoms with Crippen molar-refractivity contribution in [1.29, 1.82) is 0 Å². The normalized spacial score (nSPS) is 10.5. The Labute approximate surface area is 78.4 Å². The summed E-state index contributed by atoms with van der Waals surface area (Å²) in [4.78, 5) is 14.5. The number of carbonyl (C=O) groups is 1. The molecule has 2 heterocycles. The number of hydrogen-bond acceptors (Lipinski definition) is 2. The molecule has 4 nitrogen and oxygen atoms in total. The second kappa shape index (κ2) is 2.74. The third kappa shape index (κ3) is 1.15. The van der Waals surface area contributed by atoms with Gasteiger partial charge in [-0.2, -0.15) is 0 Å². The number of rotatable bonds is 1. The first kappa shape index (κ1) is 8.07. The molecule has 0 atom stereocenters. The van der Waals surface area contributed by atoms with E-state index < -0.39 is 5.97 Å². The zero-order valence-corrected chi connectivity index (χ0v) is 7.19. The van der Waals surface area contributed by atoms with E-state index in [1.807, 2.05) is 0 Å². The molecular formula is C8H5ClN2O2. The number of halogens is 1. The molecule has 0 aliphatic rings. The second-order valence-corrected chi connectivity index (χ2v) is 2.86. The van der Waals surface area contributed by atoms with Crippen molar-refractivity contribution in [2.24, 2.45) is 0 Å². The molecule has 2 rings (SSSR count). The smallest absolute Gasteiger partial charge is 0.352 e. The Morgan fingerprint density at radius 1 is 1.54 bits per heavy atom. The van der Waals surface area contributed by atoms with Gasteiger partial charge in [0.25, 0.3) is 0 Å². The number of imidazole rings is 1. The van der Waals surface area contributed by atoms with Crippen LogP contribution in [0.25, 0.3) is 5.52 Å². The molecule has 0 unspecified atom stereocenters. The topological polar surface area (TPSA) is 54.6 Å². The van der Waals surface area contributed by atoms with Gasteiger partial charge < -0.3 is 5.11 Å². The van der Waals surface area contributed by atoms with Gasteiger partial charge >= 0.3 is 5.97 Å². The van der Waals surface area contributed by atoms with Gasteiger partial charge in [0.15, 0.2) is 5.15 Å². The Morgan fingerprint density at radius 2 is 2.31 bits per heavy atom. The highest BCUT2D eigenvalue weighted by Gasteiger charge is 2.09. The van der Waals surface area contributed by atoms with E-state index in [2.05, 4.69) is 4.98 Å². The number of carboxylic acids is 1. The van der Waals surface area contributed by atoms with Crippen molar-refractivity contribution < 1.29 is 9.90 Å². The first-order valence-electron chi connectivity index (χ1n) is 3.55. The summed E-state index contributed by atoms with van der Waals surface area (Å²) in [5.41, 5.74) is 0.749. The minimum atomic E-state index is -1.00. The van der Waals surface area contributed by atoms with Crippen molar-refractivity contribution in [2.75, 3.05) is 0 Å². The van der Waals surface area contributed by atoms with E-state index in [4.69, 9.17) is 16.7 Å². The molecule has 5 heteroatoms. The van der Waals surface area contributed by atoms with Crippen LogP contribution in [0.2, 0.25) is 5.15 Å². The van der Waals surface area contributed by atoms with Crippen LogP contribution in [0.5, 0.6) is 0 Å². The van der Waals surface area contributed by atoms with Gasteiger partial charge in [0.2, 0.25) is 0 Å². The molecule has 0 fully saturated rings. The van der Waals surface area contributed by atoms with Gasteiger partial charge in [-0.05, 0) is 12.1 Å². The Kier molecular flexibility index (Phi) is 1.70. The zero-order valence-electron chi connectivity index (χ0n) is 6.44. The van der Waals surface area contributed by atoms with E-state index in [9.17, 15) is 4.79 Å². The molecule has 2 aromatic rings. The van der Waals surface area contributed by atoms with Gasteiger partial charge in [-0.15, -0.1) is 0 Å². The van der Waals surface area contributed by atoms with Crippen LogP contribution >= 0.6 is 11.6 Å². The lowest BCUT2D eigenvalue weighted by Crippen LogP contribution is -2.03. The third-order valence-corrected chi connectivity index (χ3v) is 2.04. The lowest BCUT2D eigenvalue weighted by atomic mass is 10.3. The SMILES string of the molecule is O=C(O)c1cccc2c(Cl)ncn12. The number of aromatic carboxylic acids is 1. The lowest BCUT2D eigenvalue weighted by Gasteiger charge is -1.98. The van der Waals surface area contributed by atoms with Crippen molar-refractivity contribution in [3.8, 4) is 0 Å². The van der Waals surface area contributed by atoms with E-state index in [0.29, 0.717) is 10.7 Å². The summed E-state index contributed by atoms with van der Waals surface area (Å²) >= 11 is 5.72. The second-order valence-electron chi connectivity index (χ2n) is 2.51. The largest absolute Gasteiger partial charge is 0.477 e. The molecule has 0 saturated heterocycles. The summed E-state index contributed by atoms with van der Waals surface area (Å²) in [7, 11) is 0. The van der Waals surface area contributed by atoms with Crippen LogP contribution in [0.4, 0.5) is 0 Å². The van der Waals surface area contributed by atoms with Crippen molar-refractivity contribution in [2.45, 2.75) is 0 Å². The number of fused-ring (bicyclic) bond motifs is 1. The highest BCUT2D eigenvalue weighted by molar-refractivity contribution is 6.32. The predicted octanol–water partition coefficient (Wildman–Crippen LogP) is 1.69. The van der Waals surface area contributed by atoms with Crippen molar-refractivity contribution in [3.63, 3.8) is 0 Å². The minimum absolute atomic E-state index is 0.150. The summed E-state index contributed by atoms with van der Waals surface area (Å²) in [6.45, 7) is 0. The van der Waals surface area contributed by atoms with E-state index in [1.54, 1.807) is 12.1 Å². The average molecular weight is 197 g/mol. The van der Waals surface area contributed by atoms with Gasteiger partial charge in [-0.3, -0.25) is 4.40 Å². The number of hydrogen-bond donors (Lipinski definition) is 1. The highest BCUT2D eigenvalue weighted by Crippen LogP contribution is 2.16. The van der Waals surface area contributed by atoms with Gasteiger partial charge in [0.1, 0.15) is 12.0 Å². The zero-order chi connectivity index (χ0) is 9.42. The Bertz CT molecular complexity index is 478. The number of pyridine rings is 1. The number of aromatic nitrogens is 2. The van der Waals surface area contributed by atoms with Crippen molar-refractivity contribution in [3.05, 3.63) is 35.4 Å². The van der Waals surface area contributed by atoms with Crippen LogP contribution in [-0.2, 0) is 0 Å². The molecule has 1 N–H and O–H groups in total. The third-order valence-electron chi connectivity index (χ3n) is 1.74. The molecule has 0 aromatic carbocycles. The van der Waals surface area contributed by atoms with Gasteiger partial charge in [0.05, 0.1) is 5.52 Å². The predicted molar refractivity (Wildman–Crippen MR) is 47.2 cm³/mol. The summed E-state index contributed by atoms with van der Waals surface area (Å²) in [6, 6.07) is 4.83. The molecule has 2 aromatic heterocycles. The van der Waals surface area contributed by atoms with Crippen molar-refractivity contribution in [1.82, 2.24) is 9.38 Å². The van der Waals surface area contributed by atoms with E-state index in [1.165, 1.54) is 16.8 Å². The maximum Gasteiger partial charge on any atom is 0.352 e. The number of carboxylic acid groups (broad SMARTS) is 1. The average Bonchev–Trinajstić information content (AvgIpc) is 2.48. The first-order valence-corrected chi connectivity index (χ1v) is 3.93. The van der Waals surface area contributed by atoms with E-state index in [-0.39, 0.29) is 5.69 Å². The molecular weight excluding hydrogens is 192 g/mol. The van der Waals surface area contributed by atoms with Crippen LogP contribution in [0.15, 0.2) is 24.5 Å². The minimum Gasteiger partial charge on any atom is -0.477 e. The van der Waals surface area contributed by atoms with Gasteiger partial charge in [-0.1, -0.05) is 17.7 Å². The molecule has 0 bridgehead atoms. The van der Waals surface area contributed by atoms with Crippen LogP contribution in [0.1, 0.15) is 10.5 Å². The fourth-order valence-corrected chi connectivity index (χ4v) is 1.36. The maximum atomic E-state index is 10.7. The first-order chi connectivity index (χ1) is 6.20. The van der Waals surface area contributed by atoms with Crippen LogP contribution < -0.4 is 0 Å². The highest BCUT2D eigenvalue weighted by atomic mass is 35.5. The molecule has 13 heavy (non-hydrogen) atoms. The summed E-state index contributed by atoms with van der Waals surface area (Å²) < 4.78 is 1.44. The van der Waals surface area contributed by atoms with Gasteiger partial charge in [-0.25, -0.2) is 9.78 Å². The molecule has 0 radical (unpaired) electrons. The van der Waals surface area contributed by atoms with Crippen LogP contribution in [0.3, 0.4) is 0 Å². The molecule has 0 aliphatic carbocycles. The fraction of sp³-hybridized carbons (Fsp3) is 0. The Morgan fingerprint density at radius 3 is 3.00 bits per heavy atom. The lowest BCUT2D eigenvalue weighted by molar-refractivity contribution is 0.0689. The Hall–Kier alpha value is -1.55.